The summed E-state index contributed by atoms with van der Waals surface area (Å²) >= 11 is 0. The molecule has 1 saturated heterocycles. The standard InChI is InChI=1S/C20H21N7O4/c21-9-15-22-20-25(6-1-7-26(20)24-15)10-11-2-3-12-13(8-11)19(31)27(18(12)30)14-4-5-16(28)23-17(14)29/h2-3,8,14H,1,4-7,9-10,21H2,(H,23,28,29). The van der Waals surface area contributed by atoms with Crippen LogP contribution < -0.4 is 16.0 Å². The maximum atomic E-state index is 13.0. The fraction of sp³-hybridized carbons (Fsp3) is 0.400. The van der Waals surface area contributed by atoms with Crippen LogP contribution in [0.15, 0.2) is 18.2 Å². The molecule has 31 heavy (non-hydrogen) atoms. The van der Waals surface area contributed by atoms with Gasteiger partial charge in [0.2, 0.25) is 17.8 Å². The van der Waals surface area contributed by atoms with E-state index < -0.39 is 29.7 Å². The Morgan fingerprint density at radius 3 is 2.68 bits per heavy atom. The van der Waals surface area contributed by atoms with Crippen LogP contribution in [-0.2, 0) is 29.2 Å². The van der Waals surface area contributed by atoms with E-state index in [4.69, 9.17) is 5.73 Å². The predicted octanol–water partition coefficient (Wildman–Crippen LogP) is -0.452. The number of benzene rings is 1. The van der Waals surface area contributed by atoms with E-state index in [-0.39, 0.29) is 30.5 Å². The molecule has 0 bridgehead atoms. The van der Waals surface area contributed by atoms with Gasteiger partial charge in [-0.15, -0.1) is 0 Å². The molecule has 1 aromatic carbocycles. The fourth-order valence-electron chi connectivity index (χ4n) is 4.35. The number of nitrogens with zero attached hydrogens (tertiary/aromatic N) is 5. The lowest BCUT2D eigenvalue weighted by atomic mass is 10.0. The second kappa shape index (κ2) is 7.27. The van der Waals surface area contributed by atoms with Gasteiger partial charge >= 0.3 is 0 Å². The summed E-state index contributed by atoms with van der Waals surface area (Å²) in [5, 5.41) is 6.59. The highest BCUT2D eigenvalue weighted by molar-refractivity contribution is 6.23. The van der Waals surface area contributed by atoms with Crippen molar-refractivity contribution in [1.29, 1.82) is 0 Å². The molecule has 0 radical (unpaired) electrons. The molecular formula is C20H21N7O4. The van der Waals surface area contributed by atoms with E-state index >= 15 is 0 Å². The lowest BCUT2D eigenvalue weighted by Crippen LogP contribution is -2.54. The van der Waals surface area contributed by atoms with Crippen molar-refractivity contribution in [3.63, 3.8) is 0 Å². The number of nitrogens with one attached hydrogen (secondary N) is 1. The van der Waals surface area contributed by atoms with Crippen LogP contribution in [0.5, 0.6) is 0 Å². The minimum atomic E-state index is -0.969. The molecule has 1 fully saturated rings. The van der Waals surface area contributed by atoms with Gasteiger partial charge in [0.05, 0.1) is 17.7 Å². The fourth-order valence-corrected chi connectivity index (χ4v) is 4.35. The zero-order valence-electron chi connectivity index (χ0n) is 16.7. The van der Waals surface area contributed by atoms with Gasteiger partial charge in [-0.05, 0) is 30.5 Å². The molecule has 4 heterocycles. The second-order valence-electron chi connectivity index (χ2n) is 7.86. The third-order valence-corrected chi connectivity index (χ3v) is 5.84. The van der Waals surface area contributed by atoms with Crippen molar-refractivity contribution in [1.82, 2.24) is 25.0 Å². The first kappa shape index (κ1) is 19.4. The van der Waals surface area contributed by atoms with Crippen molar-refractivity contribution < 1.29 is 19.2 Å². The molecule has 1 unspecified atom stereocenters. The first-order chi connectivity index (χ1) is 15.0. The van der Waals surface area contributed by atoms with E-state index in [2.05, 4.69) is 20.3 Å². The number of anilines is 1. The number of carbonyl (C=O) groups is 4. The summed E-state index contributed by atoms with van der Waals surface area (Å²) in [7, 11) is 0. The number of aryl methyl sites for hydroxylation is 1. The lowest BCUT2D eigenvalue weighted by molar-refractivity contribution is -0.136. The maximum Gasteiger partial charge on any atom is 0.262 e. The largest absolute Gasteiger partial charge is 0.337 e. The molecule has 0 saturated carbocycles. The van der Waals surface area contributed by atoms with Crippen LogP contribution in [0, 0.1) is 0 Å². The van der Waals surface area contributed by atoms with Gasteiger partial charge in [-0.25, -0.2) is 4.68 Å². The SMILES string of the molecule is NCc1nc2n(n1)CCCN2Cc1ccc2c(c1)C(=O)N(C1CCC(=O)NC1=O)C2=O. The van der Waals surface area contributed by atoms with Crippen LogP contribution in [-0.4, -0.2) is 55.9 Å². The Morgan fingerprint density at radius 2 is 1.90 bits per heavy atom. The summed E-state index contributed by atoms with van der Waals surface area (Å²) in [5.41, 5.74) is 7.05. The highest BCUT2D eigenvalue weighted by Crippen LogP contribution is 2.29. The zero-order valence-corrected chi connectivity index (χ0v) is 16.7. The molecule has 11 nitrogen and oxygen atoms in total. The number of hydrogen-bond acceptors (Lipinski definition) is 8. The summed E-state index contributed by atoms with van der Waals surface area (Å²) in [6.45, 7) is 2.32. The number of imide groups is 2. The number of fused-ring (bicyclic) bond motifs is 2. The Labute approximate surface area is 177 Å². The van der Waals surface area contributed by atoms with Gasteiger partial charge in [-0.2, -0.15) is 10.1 Å². The van der Waals surface area contributed by atoms with Gasteiger partial charge in [-0.1, -0.05) is 6.07 Å². The Hall–Kier alpha value is -3.60. The molecule has 5 rings (SSSR count). The van der Waals surface area contributed by atoms with Crippen molar-refractivity contribution >= 4 is 29.6 Å². The topological polar surface area (TPSA) is 144 Å². The molecule has 11 heteroatoms. The van der Waals surface area contributed by atoms with Gasteiger partial charge in [0.25, 0.3) is 11.8 Å². The molecule has 1 aromatic heterocycles. The van der Waals surface area contributed by atoms with Crippen molar-refractivity contribution in [2.45, 2.75) is 44.9 Å². The molecule has 3 aliphatic rings. The van der Waals surface area contributed by atoms with Crippen LogP contribution >= 0.6 is 0 Å². The highest BCUT2D eigenvalue weighted by Gasteiger charge is 2.44. The van der Waals surface area contributed by atoms with E-state index in [1.165, 1.54) is 0 Å². The first-order valence-corrected chi connectivity index (χ1v) is 10.2. The minimum Gasteiger partial charge on any atom is -0.337 e. The average Bonchev–Trinajstić information content (AvgIpc) is 3.29. The normalized spacial score (nSPS) is 20.7. The Kier molecular flexibility index (Phi) is 4.54. The summed E-state index contributed by atoms with van der Waals surface area (Å²) < 4.78 is 1.83. The summed E-state index contributed by atoms with van der Waals surface area (Å²) in [5.74, 6) is -0.715. The van der Waals surface area contributed by atoms with Gasteiger partial charge < -0.3 is 10.6 Å². The Bertz CT molecular complexity index is 1120. The first-order valence-electron chi connectivity index (χ1n) is 10.2. The third-order valence-electron chi connectivity index (χ3n) is 5.84. The minimum absolute atomic E-state index is 0.0928. The molecule has 0 spiro atoms. The number of nitrogens with two attached hydrogens (primary N) is 1. The van der Waals surface area contributed by atoms with E-state index in [9.17, 15) is 19.2 Å². The summed E-state index contributed by atoms with van der Waals surface area (Å²) in [6, 6.07) is 4.15. The van der Waals surface area contributed by atoms with Crippen molar-refractivity contribution in [2.75, 3.05) is 11.4 Å². The molecule has 4 amide bonds. The molecule has 1 atom stereocenters. The van der Waals surface area contributed by atoms with E-state index in [1.54, 1.807) is 18.2 Å². The van der Waals surface area contributed by atoms with Gasteiger partial charge in [-0.3, -0.25) is 29.4 Å². The van der Waals surface area contributed by atoms with Crippen LogP contribution in [0.2, 0.25) is 0 Å². The smallest absolute Gasteiger partial charge is 0.262 e. The second-order valence-corrected chi connectivity index (χ2v) is 7.86. The number of amides is 4. The van der Waals surface area contributed by atoms with Crippen molar-refractivity contribution in [3.8, 4) is 0 Å². The number of aromatic nitrogens is 3. The van der Waals surface area contributed by atoms with Crippen LogP contribution in [0.25, 0.3) is 0 Å². The van der Waals surface area contributed by atoms with Gasteiger partial charge in [0.15, 0.2) is 5.82 Å². The number of carbonyl (C=O) groups excluding carboxylic acids is 4. The van der Waals surface area contributed by atoms with Crippen LogP contribution in [0.4, 0.5) is 5.95 Å². The summed E-state index contributed by atoms with van der Waals surface area (Å²) in [6.07, 6.45) is 1.14. The molecule has 0 aliphatic carbocycles. The van der Waals surface area contributed by atoms with E-state index in [1.807, 2.05) is 4.68 Å². The van der Waals surface area contributed by atoms with Gasteiger partial charge in [0, 0.05) is 26.1 Å². The Balaban J connectivity index is 1.40. The molecular weight excluding hydrogens is 402 g/mol. The maximum absolute atomic E-state index is 13.0. The highest BCUT2D eigenvalue weighted by atomic mass is 16.2. The summed E-state index contributed by atoms with van der Waals surface area (Å²) in [4.78, 5) is 57.0. The number of rotatable bonds is 4. The number of hydrogen-bond donors (Lipinski definition) is 2. The zero-order chi connectivity index (χ0) is 21.7. The van der Waals surface area contributed by atoms with Crippen LogP contribution in [0.3, 0.4) is 0 Å². The van der Waals surface area contributed by atoms with Crippen molar-refractivity contribution in [2.24, 2.45) is 5.73 Å². The third kappa shape index (κ3) is 3.17. The number of piperidine rings is 1. The van der Waals surface area contributed by atoms with Crippen molar-refractivity contribution in [3.05, 3.63) is 40.7 Å². The quantitative estimate of drug-likeness (QED) is 0.629. The average molecular weight is 423 g/mol. The molecule has 3 aliphatic heterocycles. The van der Waals surface area contributed by atoms with E-state index in [0.29, 0.717) is 12.4 Å². The lowest BCUT2D eigenvalue weighted by Gasteiger charge is -2.28. The van der Waals surface area contributed by atoms with Gasteiger partial charge in [0.1, 0.15) is 6.04 Å². The molecule has 160 valence electrons. The predicted molar refractivity (Wildman–Crippen MR) is 107 cm³/mol. The Morgan fingerprint density at radius 1 is 1.10 bits per heavy atom. The molecule has 2 aromatic rings. The van der Waals surface area contributed by atoms with Crippen LogP contribution in [0.1, 0.15) is 51.4 Å². The monoisotopic (exact) mass is 423 g/mol. The molecule has 3 N–H and O–H groups in total. The van der Waals surface area contributed by atoms with E-state index in [0.717, 1.165) is 35.9 Å².